The van der Waals surface area contributed by atoms with Gasteiger partial charge in [0, 0.05) is 13.7 Å². The molecule has 0 amide bonds. The van der Waals surface area contributed by atoms with Crippen molar-refractivity contribution in [1.82, 2.24) is 0 Å². The van der Waals surface area contributed by atoms with Crippen molar-refractivity contribution < 1.29 is 4.74 Å². The fraction of sp³-hybridized carbons (Fsp3) is 1.00. The molecule has 80 valence electrons. The van der Waals surface area contributed by atoms with Gasteiger partial charge in [0.2, 0.25) is 0 Å². The van der Waals surface area contributed by atoms with E-state index in [1.165, 1.54) is 19.3 Å². The van der Waals surface area contributed by atoms with Gasteiger partial charge in [0.15, 0.2) is 0 Å². The van der Waals surface area contributed by atoms with Crippen LogP contribution in [0.5, 0.6) is 0 Å². The summed E-state index contributed by atoms with van der Waals surface area (Å²) in [5.74, 6) is 2.49. The number of rotatable bonds is 7. The lowest BCUT2D eigenvalue weighted by Gasteiger charge is -2.21. The Morgan fingerprint density at radius 3 is 1.92 bits per heavy atom. The molecule has 0 heterocycles. The molecule has 1 unspecified atom stereocenters. The summed E-state index contributed by atoms with van der Waals surface area (Å²) < 4.78 is 5.13. The van der Waals surface area contributed by atoms with E-state index >= 15 is 0 Å². The van der Waals surface area contributed by atoms with Gasteiger partial charge in [0.05, 0.1) is 0 Å². The zero-order chi connectivity index (χ0) is 10.3. The van der Waals surface area contributed by atoms with Crippen molar-refractivity contribution in [2.75, 3.05) is 13.7 Å². The number of methoxy groups -OCH3 is 1. The van der Waals surface area contributed by atoms with Crippen molar-refractivity contribution in [3.63, 3.8) is 0 Å². The predicted octanol–water partition coefficient (Wildman–Crippen LogP) is 3.73. The van der Waals surface area contributed by atoms with E-state index in [0.717, 1.165) is 24.4 Å². The fourth-order valence-corrected chi connectivity index (χ4v) is 1.63. The molecule has 0 spiro atoms. The molecule has 0 aliphatic carbocycles. The van der Waals surface area contributed by atoms with Crippen LogP contribution in [-0.4, -0.2) is 13.7 Å². The Morgan fingerprint density at radius 2 is 1.54 bits per heavy atom. The van der Waals surface area contributed by atoms with E-state index in [0.29, 0.717) is 0 Å². The molecule has 0 fully saturated rings. The van der Waals surface area contributed by atoms with Crippen molar-refractivity contribution in [3.05, 3.63) is 0 Å². The van der Waals surface area contributed by atoms with Gasteiger partial charge in [-0.2, -0.15) is 0 Å². The first kappa shape index (κ1) is 13.0. The van der Waals surface area contributed by atoms with Crippen molar-refractivity contribution in [2.45, 2.75) is 47.0 Å². The van der Waals surface area contributed by atoms with Crippen molar-refractivity contribution in [1.29, 1.82) is 0 Å². The fourth-order valence-electron chi connectivity index (χ4n) is 1.63. The topological polar surface area (TPSA) is 9.23 Å². The zero-order valence-electron chi connectivity index (χ0n) is 9.97. The second-order valence-electron chi connectivity index (χ2n) is 4.76. The second-order valence-corrected chi connectivity index (χ2v) is 4.76. The van der Waals surface area contributed by atoms with Crippen LogP contribution in [0, 0.1) is 17.8 Å². The van der Waals surface area contributed by atoms with Gasteiger partial charge in [-0.3, -0.25) is 0 Å². The minimum atomic E-state index is 0.800. The Balaban J connectivity index is 3.67. The number of hydrogen-bond acceptors (Lipinski definition) is 1. The molecule has 0 aromatic heterocycles. The Kier molecular flexibility index (Phi) is 7.35. The summed E-state index contributed by atoms with van der Waals surface area (Å²) in [5, 5.41) is 0. The van der Waals surface area contributed by atoms with E-state index < -0.39 is 0 Å². The molecule has 1 atom stereocenters. The lowest BCUT2D eigenvalue weighted by molar-refractivity contribution is 0.159. The van der Waals surface area contributed by atoms with Crippen LogP contribution in [0.4, 0.5) is 0 Å². The smallest absolute Gasteiger partial charge is 0.0465 e. The molecule has 0 bridgehead atoms. The van der Waals surface area contributed by atoms with E-state index in [1.54, 1.807) is 7.11 Å². The highest BCUT2D eigenvalue weighted by molar-refractivity contribution is 4.64. The van der Waals surface area contributed by atoms with Gasteiger partial charge >= 0.3 is 0 Å². The minimum absolute atomic E-state index is 0.800. The van der Waals surface area contributed by atoms with E-state index in [-0.39, 0.29) is 0 Å². The predicted molar refractivity (Wildman–Crippen MR) is 58.9 cm³/mol. The molecule has 0 rings (SSSR count). The molecular formula is C12H26O. The third kappa shape index (κ3) is 7.06. The van der Waals surface area contributed by atoms with Gasteiger partial charge in [-0.15, -0.1) is 0 Å². The summed E-state index contributed by atoms with van der Waals surface area (Å²) in [6.07, 6.45) is 3.94. The Morgan fingerprint density at radius 1 is 0.923 bits per heavy atom. The lowest BCUT2D eigenvalue weighted by Crippen LogP contribution is -2.12. The third-order valence-electron chi connectivity index (χ3n) is 2.75. The van der Waals surface area contributed by atoms with Gasteiger partial charge in [0.1, 0.15) is 0 Å². The first-order valence-corrected chi connectivity index (χ1v) is 5.56. The highest BCUT2D eigenvalue weighted by atomic mass is 16.5. The standard InChI is InChI=1S/C12H26O/c1-10(2)6-7-12(11(3)4)8-9-13-5/h10-12H,6-9H2,1-5H3. The van der Waals surface area contributed by atoms with Crippen LogP contribution in [0.25, 0.3) is 0 Å². The van der Waals surface area contributed by atoms with Crippen LogP contribution in [0.1, 0.15) is 47.0 Å². The van der Waals surface area contributed by atoms with Crippen LogP contribution in [0.2, 0.25) is 0 Å². The van der Waals surface area contributed by atoms with Crippen LogP contribution >= 0.6 is 0 Å². The summed E-state index contributed by atoms with van der Waals surface area (Å²) in [6, 6.07) is 0. The molecule has 13 heavy (non-hydrogen) atoms. The summed E-state index contributed by atoms with van der Waals surface area (Å²) in [7, 11) is 1.79. The maximum atomic E-state index is 5.13. The molecule has 1 nitrogen and oxygen atoms in total. The first-order valence-electron chi connectivity index (χ1n) is 5.56. The van der Waals surface area contributed by atoms with E-state index in [1.807, 2.05) is 0 Å². The summed E-state index contributed by atoms with van der Waals surface area (Å²) >= 11 is 0. The van der Waals surface area contributed by atoms with Crippen molar-refractivity contribution in [3.8, 4) is 0 Å². The molecule has 1 heteroatoms. The highest BCUT2D eigenvalue weighted by Gasteiger charge is 2.13. The average molecular weight is 186 g/mol. The van der Waals surface area contributed by atoms with Gasteiger partial charge in [-0.1, -0.05) is 34.1 Å². The average Bonchev–Trinajstić information content (AvgIpc) is 2.03. The largest absolute Gasteiger partial charge is 0.385 e. The molecule has 0 aliphatic rings. The highest BCUT2D eigenvalue weighted by Crippen LogP contribution is 2.23. The van der Waals surface area contributed by atoms with E-state index in [4.69, 9.17) is 4.74 Å². The van der Waals surface area contributed by atoms with Crippen LogP contribution < -0.4 is 0 Å². The van der Waals surface area contributed by atoms with E-state index in [2.05, 4.69) is 27.7 Å². The van der Waals surface area contributed by atoms with Crippen molar-refractivity contribution >= 4 is 0 Å². The van der Waals surface area contributed by atoms with Crippen LogP contribution in [0.3, 0.4) is 0 Å². The number of ether oxygens (including phenoxy) is 1. The van der Waals surface area contributed by atoms with Crippen LogP contribution in [-0.2, 0) is 4.74 Å². The summed E-state index contributed by atoms with van der Waals surface area (Å²) in [4.78, 5) is 0. The van der Waals surface area contributed by atoms with Gasteiger partial charge in [-0.05, 0) is 30.6 Å². The van der Waals surface area contributed by atoms with Crippen molar-refractivity contribution in [2.24, 2.45) is 17.8 Å². The Hall–Kier alpha value is -0.0400. The molecule has 0 saturated heterocycles. The molecular weight excluding hydrogens is 160 g/mol. The quantitative estimate of drug-likeness (QED) is 0.588. The lowest BCUT2D eigenvalue weighted by atomic mass is 9.86. The molecule has 0 aromatic rings. The molecule has 0 aliphatic heterocycles. The maximum absolute atomic E-state index is 5.13. The van der Waals surface area contributed by atoms with Gasteiger partial charge in [0.25, 0.3) is 0 Å². The Labute approximate surface area is 83.9 Å². The molecule has 0 radical (unpaired) electrons. The monoisotopic (exact) mass is 186 g/mol. The second kappa shape index (κ2) is 7.37. The van der Waals surface area contributed by atoms with Gasteiger partial charge in [-0.25, -0.2) is 0 Å². The molecule has 0 aromatic carbocycles. The third-order valence-corrected chi connectivity index (χ3v) is 2.75. The SMILES string of the molecule is COCCC(CCC(C)C)C(C)C. The normalized spacial score (nSPS) is 14.1. The molecule has 0 saturated carbocycles. The summed E-state index contributed by atoms with van der Waals surface area (Å²) in [5.41, 5.74) is 0. The first-order chi connectivity index (χ1) is 6.07. The molecule has 0 N–H and O–H groups in total. The van der Waals surface area contributed by atoms with E-state index in [9.17, 15) is 0 Å². The number of hydrogen-bond donors (Lipinski definition) is 0. The van der Waals surface area contributed by atoms with Gasteiger partial charge < -0.3 is 4.74 Å². The maximum Gasteiger partial charge on any atom is 0.0465 e. The summed E-state index contributed by atoms with van der Waals surface area (Å²) in [6.45, 7) is 10.2. The van der Waals surface area contributed by atoms with Crippen LogP contribution in [0.15, 0.2) is 0 Å². The minimum Gasteiger partial charge on any atom is -0.385 e. The zero-order valence-corrected chi connectivity index (χ0v) is 9.97. The Bertz CT molecular complexity index is 108.